The van der Waals surface area contributed by atoms with Gasteiger partial charge in [-0.2, -0.15) is 13.2 Å². The standard InChI is InChI=1S/C14H13ClF3NO3/c15-11-6-8(14(16,17)18)2-4-10(11)12(20)19-9-3-1-7(5-9)13(21)22/h2,4,6-7,9H,1,3,5H2,(H,19,20)(H,21,22)/t7-,9+/m1/s1. The normalized spacial score (nSPS) is 21.6. The number of benzene rings is 1. The lowest BCUT2D eigenvalue weighted by Gasteiger charge is -2.14. The molecule has 0 spiro atoms. The van der Waals surface area contributed by atoms with E-state index in [1.165, 1.54) is 0 Å². The SMILES string of the molecule is O=C(N[C@H]1CC[C@@H](C(=O)O)C1)c1ccc(C(F)(F)F)cc1Cl. The number of carbonyl (C=O) groups is 2. The number of carbonyl (C=O) groups excluding carboxylic acids is 1. The van der Waals surface area contributed by atoms with Gasteiger partial charge in [0.25, 0.3) is 5.91 Å². The first-order valence-corrected chi connectivity index (χ1v) is 6.96. The van der Waals surface area contributed by atoms with E-state index in [4.69, 9.17) is 16.7 Å². The average Bonchev–Trinajstić information content (AvgIpc) is 2.86. The van der Waals surface area contributed by atoms with E-state index in [0.717, 1.165) is 12.1 Å². The molecule has 0 unspecified atom stereocenters. The average molecular weight is 336 g/mol. The number of amides is 1. The number of aliphatic carboxylic acids is 1. The van der Waals surface area contributed by atoms with Crippen LogP contribution in [0.4, 0.5) is 13.2 Å². The summed E-state index contributed by atoms with van der Waals surface area (Å²) in [5, 5.41) is 11.2. The van der Waals surface area contributed by atoms with Gasteiger partial charge in [0.1, 0.15) is 0 Å². The van der Waals surface area contributed by atoms with Gasteiger partial charge in [-0.25, -0.2) is 0 Å². The van der Waals surface area contributed by atoms with E-state index in [1.807, 2.05) is 0 Å². The van der Waals surface area contributed by atoms with Gasteiger partial charge in [0.2, 0.25) is 0 Å². The fourth-order valence-electron chi connectivity index (χ4n) is 2.48. The molecule has 0 bridgehead atoms. The highest BCUT2D eigenvalue weighted by atomic mass is 35.5. The number of nitrogens with one attached hydrogen (secondary N) is 1. The van der Waals surface area contributed by atoms with E-state index in [0.29, 0.717) is 25.3 Å². The summed E-state index contributed by atoms with van der Waals surface area (Å²) in [4.78, 5) is 22.9. The Balaban J connectivity index is 2.06. The van der Waals surface area contributed by atoms with Gasteiger partial charge in [0.15, 0.2) is 0 Å². The maximum atomic E-state index is 12.5. The van der Waals surface area contributed by atoms with Gasteiger partial charge >= 0.3 is 12.1 Å². The maximum absolute atomic E-state index is 12.5. The zero-order valence-electron chi connectivity index (χ0n) is 11.3. The molecule has 22 heavy (non-hydrogen) atoms. The van der Waals surface area contributed by atoms with Crippen molar-refractivity contribution < 1.29 is 27.9 Å². The van der Waals surface area contributed by atoms with Gasteiger partial charge in [-0.05, 0) is 37.5 Å². The molecule has 120 valence electrons. The fraction of sp³-hybridized carbons (Fsp3) is 0.429. The lowest BCUT2D eigenvalue weighted by Crippen LogP contribution is -2.33. The number of carboxylic acids is 1. The van der Waals surface area contributed by atoms with E-state index in [1.54, 1.807) is 0 Å². The van der Waals surface area contributed by atoms with Crippen LogP contribution >= 0.6 is 11.6 Å². The first kappa shape index (κ1) is 16.6. The lowest BCUT2D eigenvalue weighted by molar-refractivity contribution is -0.141. The third-order valence-corrected chi connectivity index (χ3v) is 3.97. The summed E-state index contributed by atoms with van der Waals surface area (Å²) in [7, 11) is 0. The Morgan fingerprint density at radius 3 is 2.45 bits per heavy atom. The van der Waals surface area contributed by atoms with Crippen molar-refractivity contribution in [1.29, 1.82) is 0 Å². The Kier molecular flexibility index (Phi) is 4.65. The molecule has 1 saturated carbocycles. The predicted molar refractivity (Wildman–Crippen MR) is 72.7 cm³/mol. The molecule has 0 radical (unpaired) electrons. The van der Waals surface area contributed by atoms with Crippen LogP contribution in [0.2, 0.25) is 5.02 Å². The highest BCUT2D eigenvalue weighted by Gasteiger charge is 2.33. The highest BCUT2D eigenvalue weighted by Crippen LogP contribution is 2.32. The second-order valence-electron chi connectivity index (χ2n) is 5.21. The van der Waals surface area contributed by atoms with Gasteiger partial charge in [-0.3, -0.25) is 9.59 Å². The Labute approximate surface area is 129 Å². The van der Waals surface area contributed by atoms with Crippen LogP contribution in [0.5, 0.6) is 0 Å². The molecular formula is C14H13ClF3NO3. The van der Waals surface area contributed by atoms with Crippen molar-refractivity contribution in [3.63, 3.8) is 0 Å². The third kappa shape index (κ3) is 3.71. The minimum absolute atomic E-state index is 0.0616. The minimum Gasteiger partial charge on any atom is -0.481 e. The number of halogens is 4. The van der Waals surface area contributed by atoms with Gasteiger partial charge in [-0.1, -0.05) is 11.6 Å². The molecular weight excluding hydrogens is 323 g/mol. The van der Waals surface area contributed by atoms with Crippen molar-refractivity contribution in [2.45, 2.75) is 31.5 Å². The topological polar surface area (TPSA) is 66.4 Å². The Bertz CT molecular complexity index is 603. The largest absolute Gasteiger partial charge is 0.481 e. The number of hydrogen-bond donors (Lipinski definition) is 2. The van der Waals surface area contributed by atoms with Crippen molar-refractivity contribution in [3.05, 3.63) is 34.3 Å². The van der Waals surface area contributed by atoms with Gasteiger partial charge in [0, 0.05) is 6.04 Å². The van der Waals surface area contributed by atoms with Crippen LogP contribution < -0.4 is 5.32 Å². The molecule has 1 fully saturated rings. The first-order chi connectivity index (χ1) is 10.2. The van der Waals surface area contributed by atoms with Crippen molar-refractivity contribution in [1.82, 2.24) is 5.32 Å². The van der Waals surface area contributed by atoms with Crippen LogP contribution in [0.15, 0.2) is 18.2 Å². The van der Waals surface area contributed by atoms with Crippen molar-refractivity contribution in [2.75, 3.05) is 0 Å². The molecule has 0 heterocycles. The number of rotatable bonds is 3. The van der Waals surface area contributed by atoms with Crippen molar-refractivity contribution >= 4 is 23.5 Å². The second-order valence-corrected chi connectivity index (χ2v) is 5.62. The quantitative estimate of drug-likeness (QED) is 0.890. The molecule has 2 rings (SSSR count). The summed E-state index contributed by atoms with van der Waals surface area (Å²) >= 11 is 5.74. The zero-order chi connectivity index (χ0) is 16.5. The molecule has 1 aromatic rings. The van der Waals surface area contributed by atoms with Crippen molar-refractivity contribution in [3.8, 4) is 0 Å². The number of alkyl halides is 3. The molecule has 4 nitrogen and oxygen atoms in total. The first-order valence-electron chi connectivity index (χ1n) is 6.59. The molecule has 2 N–H and O–H groups in total. The Hall–Kier alpha value is -1.76. The summed E-state index contributed by atoms with van der Waals surface area (Å²) in [5.41, 5.74) is -0.991. The monoisotopic (exact) mass is 335 g/mol. The van der Waals surface area contributed by atoms with E-state index in [9.17, 15) is 22.8 Å². The van der Waals surface area contributed by atoms with Crippen LogP contribution in [-0.4, -0.2) is 23.0 Å². The zero-order valence-corrected chi connectivity index (χ0v) is 12.0. The van der Waals surface area contributed by atoms with E-state index >= 15 is 0 Å². The summed E-state index contributed by atoms with van der Waals surface area (Å²) in [6, 6.07) is 2.19. The molecule has 1 aromatic carbocycles. The van der Waals surface area contributed by atoms with Gasteiger partial charge in [-0.15, -0.1) is 0 Å². The van der Waals surface area contributed by atoms with Crippen LogP contribution in [-0.2, 0) is 11.0 Å². The van der Waals surface area contributed by atoms with Gasteiger partial charge < -0.3 is 10.4 Å². The summed E-state index contributed by atoms with van der Waals surface area (Å²) < 4.78 is 37.6. The molecule has 2 atom stereocenters. The lowest BCUT2D eigenvalue weighted by atomic mass is 10.1. The smallest absolute Gasteiger partial charge is 0.416 e. The minimum atomic E-state index is -4.53. The number of hydrogen-bond acceptors (Lipinski definition) is 2. The molecule has 0 aliphatic heterocycles. The maximum Gasteiger partial charge on any atom is 0.416 e. The van der Waals surface area contributed by atoms with Crippen molar-refractivity contribution in [2.24, 2.45) is 5.92 Å². The van der Waals surface area contributed by atoms with Crippen LogP contribution in [0.25, 0.3) is 0 Å². The summed E-state index contributed by atoms with van der Waals surface area (Å²) in [5.74, 6) is -2.02. The van der Waals surface area contributed by atoms with Crippen LogP contribution in [0.1, 0.15) is 35.2 Å². The fourth-order valence-corrected chi connectivity index (χ4v) is 2.74. The molecule has 0 aromatic heterocycles. The number of carboxylic acid groups (broad SMARTS) is 1. The molecule has 1 amide bonds. The molecule has 1 aliphatic carbocycles. The highest BCUT2D eigenvalue weighted by molar-refractivity contribution is 6.33. The Morgan fingerprint density at radius 2 is 1.95 bits per heavy atom. The second kappa shape index (κ2) is 6.16. The van der Waals surface area contributed by atoms with E-state index in [2.05, 4.69) is 5.32 Å². The summed E-state index contributed by atoms with van der Waals surface area (Å²) in [6.45, 7) is 0. The summed E-state index contributed by atoms with van der Waals surface area (Å²) in [6.07, 6.45) is -3.25. The predicted octanol–water partition coefficient (Wildman–Crippen LogP) is 3.34. The third-order valence-electron chi connectivity index (χ3n) is 3.66. The molecule has 8 heteroatoms. The van der Waals surface area contributed by atoms with Crippen LogP contribution in [0, 0.1) is 5.92 Å². The van der Waals surface area contributed by atoms with E-state index in [-0.39, 0.29) is 16.6 Å². The Morgan fingerprint density at radius 1 is 1.27 bits per heavy atom. The van der Waals surface area contributed by atoms with Crippen LogP contribution in [0.3, 0.4) is 0 Å². The van der Waals surface area contributed by atoms with E-state index < -0.39 is 29.5 Å². The molecule has 1 aliphatic rings. The molecule has 0 saturated heterocycles. The van der Waals surface area contributed by atoms with Gasteiger partial charge in [0.05, 0.1) is 22.1 Å².